The Labute approximate surface area is 272 Å². The largest absolute Gasteiger partial charge is 0.543 e. The first-order valence-corrected chi connectivity index (χ1v) is 19.3. The minimum Gasteiger partial charge on any atom is -0.543 e. The molecule has 0 saturated heterocycles. The van der Waals surface area contributed by atoms with E-state index in [1.165, 1.54) is 17.8 Å². The molecule has 0 bridgehead atoms. The van der Waals surface area contributed by atoms with Crippen molar-refractivity contribution < 1.29 is 38.2 Å². The number of benzene rings is 1. The topological polar surface area (TPSA) is 153 Å². The quantitative estimate of drug-likeness (QED) is 0.0986. The second-order valence-corrected chi connectivity index (χ2v) is 18.1. The van der Waals surface area contributed by atoms with Gasteiger partial charge in [-0.2, -0.15) is 16.7 Å². The van der Waals surface area contributed by atoms with Gasteiger partial charge in [0.25, 0.3) is 8.32 Å². The van der Waals surface area contributed by atoms with Crippen molar-refractivity contribution in [1.29, 1.82) is 0 Å². The van der Waals surface area contributed by atoms with Crippen LogP contribution >= 0.6 is 11.8 Å². The van der Waals surface area contributed by atoms with Crippen LogP contribution in [0.4, 0.5) is 0 Å². The van der Waals surface area contributed by atoms with Crippen LogP contribution in [0.25, 0.3) is 0 Å². The molecule has 11 nitrogen and oxygen atoms in total. The number of carbonyl (C=O) groups is 2. The SMILES string of the molecule is C=CCOC(=O)c1c(C)c(OC)cc(O[Si](C)(C)C(C)(C)C(C)C)c1CSC[C@H](NC(=O)CCC(CO)CO)c1nc(C)no1. The van der Waals surface area contributed by atoms with Crippen LogP contribution < -0.4 is 14.5 Å². The molecule has 2 aromatic rings. The third-order valence-corrected chi connectivity index (χ3v) is 14.2. The van der Waals surface area contributed by atoms with Gasteiger partial charge in [-0.1, -0.05) is 45.5 Å². The van der Waals surface area contributed by atoms with Gasteiger partial charge in [-0.3, -0.25) is 4.79 Å². The maximum absolute atomic E-state index is 13.5. The van der Waals surface area contributed by atoms with Crippen LogP contribution in [0.1, 0.15) is 79.8 Å². The number of aryl methyl sites for hydroxylation is 1. The molecule has 0 spiro atoms. The minimum absolute atomic E-state index is 0.0525. The number of aromatic nitrogens is 2. The van der Waals surface area contributed by atoms with Gasteiger partial charge in [0.15, 0.2) is 5.82 Å². The Bertz CT molecular complexity index is 1290. The standard InChI is InChI=1S/C32H51N3O8SSi/c1-11-14-41-31(39)29-21(4)26(40-8)15-27(43-45(9,10)32(6,7)20(2)3)24(29)18-44-19-25(30-33-22(5)35-42-30)34-28(38)13-12-23(16-36)17-37/h11,15,20,23,25,36-37H,1,12-14,16-19H2,2-10H3,(H,34,38)/t25-/m0/s1. The van der Waals surface area contributed by atoms with Crippen molar-refractivity contribution in [3.05, 3.63) is 47.1 Å². The molecule has 0 radical (unpaired) electrons. The van der Waals surface area contributed by atoms with Crippen molar-refractivity contribution in [2.45, 2.75) is 84.3 Å². The Hall–Kier alpha value is -2.87. The summed E-state index contributed by atoms with van der Waals surface area (Å²) in [4.78, 5) is 30.7. The predicted octanol–water partition coefficient (Wildman–Crippen LogP) is 5.53. The van der Waals surface area contributed by atoms with Gasteiger partial charge in [-0.15, -0.1) is 0 Å². The molecule has 0 saturated carbocycles. The summed E-state index contributed by atoms with van der Waals surface area (Å²) < 4.78 is 23.5. The van der Waals surface area contributed by atoms with Gasteiger partial charge in [-0.25, -0.2) is 4.79 Å². The number of esters is 1. The molecule has 252 valence electrons. The van der Waals surface area contributed by atoms with Crippen LogP contribution in [0.2, 0.25) is 18.1 Å². The summed E-state index contributed by atoms with van der Waals surface area (Å²) in [6, 6.07) is 1.23. The van der Waals surface area contributed by atoms with Crippen molar-refractivity contribution in [3.8, 4) is 11.5 Å². The molecule has 1 amide bonds. The highest BCUT2D eigenvalue weighted by molar-refractivity contribution is 7.98. The molecule has 1 aromatic carbocycles. The maximum atomic E-state index is 13.5. The fraction of sp³-hybridized carbons (Fsp3) is 0.625. The molecule has 1 aromatic heterocycles. The molecule has 13 heteroatoms. The maximum Gasteiger partial charge on any atom is 0.339 e. The average Bonchev–Trinajstić information content (AvgIpc) is 3.42. The van der Waals surface area contributed by atoms with Crippen LogP contribution in [0, 0.1) is 25.7 Å². The van der Waals surface area contributed by atoms with E-state index in [-0.39, 0.29) is 49.0 Å². The second-order valence-electron chi connectivity index (χ2n) is 12.5. The summed E-state index contributed by atoms with van der Waals surface area (Å²) >= 11 is 1.47. The molecular formula is C32H51N3O8SSi. The number of carbonyl (C=O) groups excluding carboxylic acids is 2. The first-order valence-electron chi connectivity index (χ1n) is 15.2. The van der Waals surface area contributed by atoms with Gasteiger partial charge in [-0.05, 0) is 44.3 Å². The Kier molecular flexibility index (Phi) is 14.6. The number of methoxy groups -OCH3 is 1. The number of hydrogen-bond acceptors (Lipinski definition) is 11. The lowest BCUT2D eigenvalue weighted by Gasteiger charge is -2.43. The van der Waals surface area contributed by atoms with Crippen LogP contribution in [0.15, 0.2) is 23.2 Å². The van der Waals surface area contributed by atoms with Crippen LogP contribution in [-0.2, 0) is 15.3 Å². The number of thioether (sulfide) groups is 1. The van der Waals surface area contributed by atoms with E-state index in [1.807, 2.05) is 13.0 Å². The van der Waals surface area contributed by atoms with E-state index in [4.69, 9.17) is 18.4 Å². The molecule has 2 rings (SSSR count). The van der Waals surface area contributed by atoms with E-state index in [1.54, 1.807) is 14.0 Å². The average molecular weight is 666 g/mol. The molecule has 3 N–H and O–H groups in total. The lowest BCUT2D eigenvalue weighted by Crippen LogP contribution is -2.48. The highest BCUT2D eigenvalue weighted by Crippen LogP contribution is 2.47. The number of nitrogens with one attached hydrogen (secondary N) is 1. The van der Waals surface area contributed by atoms with Crippen LogP contribution in [-0.4, -0.2) is 73.2 Å². The Morgan fingerprint density at radius 1 is 1.20 bits per heavy atom. The van der Waals surface area contributed by atoms with Gasteiger partial charge < -0.3 is 34.0 Å². The van der Waals surface area contributed by atoms with Gasteiger partial charge in [0.1, 0.15) is 24.1 Å². The molecular weight excluding hydrogens is 615 g/mol. The van der Waals surface area contributed by atoms with E-state index in [0.29, 0.717) is 57.9 Å². The molecule has 0 unspecified atom stereocenters. The molecule has 0 aliphatic carbocycles. The molecule has 1 atom stereocenters. The summed E-state index contributed by atoms with van der Waals surface area (Å²) in [5, 5.41) is 25.5. The molecule has 1 heterocycles. The van der Waals surface area contributed by atoms with Crippen molar-refractivity contribution >= 4 is 32.0 Å². The Morgan fingerprint density at radius 3 is 2.40 bits per heavy atom. The monoisotopic (exact) mass is 665 g/mol. The highest BCUT2D eigenvalue weighted by Gasteiger charge is 2.45. The summed E-state index contributed by atoms with van der Waals surface area (Å²) in [6.45, 7) is 20.0. The smallest absolute Gasteiger partial charge is 0.339 e. The first kappa shape index (κ1) is 38.3. The number of aliphatic hydroxyl groups is 2. The van der Waals surface area contributed by atoms with Crippen LogP contribution in [0.3, 0.4) is 0 Å². The van der Waals surface area contributed by atoms with E-state index >= 15 is 0 Å². The molecule has 0 fully saturated rings. The number of amides is 1. The molecule has 45 heavy (non-hydrogen) atoms. The lowest BCUT2D eigenvalue weighted by atomic mass is 9.99. The number of ether oxygens (including phenoxy) is 2. The number of rotatable bonds is 19. The lowest BCUT2D eigenvalue weighted by molar-refractivity contribution is -0.122. The zero-order chi connectivity index (χ0) is 33.9. The van der Waals surface area contributed by atoms with E-state index in [2.05, 4.69) is 62.8 Å². The van der Waals surface area contributed by atoms with E-state index < -0.39 is 20.3 Å². The van der Waals surface area contributed by atoms with Gasteiger partial charge in [0, 0.05) is 54.3 Å². The Morgan fingerprint density at radius 2 is 1.87 bits per heavy atom. The summed E-state index contributed by atoms with van der Waals surface area (Å²) in [5.41, 5.74) is 1.68. The van der Waals surface area contributed by atoms with Gasteiger partial charge in [0.2, 0.25) is 11.8 Å². The minimum atomic E-state index is -2.42. The normalized spacial score (nSPS) is 12.7. The van der Waals surface area contributed by atoms with Gasteiger partial charge in [0.05, 0.1) is 12.7 Å². The third-order valence-electron chi connectivity index (χ3n) is 8.73. The summed E-state index contributed by atoms with van der Waals surface area (Å²) in [7, 11) is -0.861. The first-order chi connectivity index (χ1) is 21.1. The Balaban J connectivity index is 2.49. The fourth-order valence-corrected chi connectivity index (χ4v) is 8.02. The number of aliphatic hydroxyl groups excluding tert-OH is 2. The molecule has 0 aliphatic rings. The van der Waals surface area contributed by atoms with Crippen molar-refractivity contribution in [2.75, 3.05) is 32.7 Å². The van der Waals surface area contributed by atoms with E-state index in [0.717, 1.165) is 0 Å². The van der Waals surface area contributed by atoms with Crippen molar-refractivity contribution in [2.24, 2.45) is 11.8 Å². The van der Waals surface area contributed by atoms with E-state index in [9.17, 15) is 19.8 Å². The molecule has 0 aliphatic heterocycles. The zero-order valence-electron chi connectivity index (χ0n) is 28.2. The van der Waals surface area contributed by atoms with Gasteiger partial charge >= 0.3 is 5.97 Å². The van der Waals surface area contributed by atoms with Crippen molar-refractivity contribution in [1.82, 2.24) is 15.5 Å². The zero-order valence-corrected chi connectivity index (χ0v) is 30.0. The predicted molar refractivity (Wildman–Crippen MR) is 178 cm³/mol. The second kappa shape index (κ2) is 17.2. The summed E-state index contributed by atoms with van der Waals surface area (Å²) in [5.74, 6) is 1.67. The number of hydrogen-bond donors (Lipinski definition) is 3. The third kappa shape index (κ3) is 10.1. The van der Waals surface area contributed by atoms with Crippen LogP contribution in [0.5, 0.6) is 11.5 Å². The fourth-order valence-electron chi connectivity index (χ4n) is 4.57. The number of nitrogens with zero attached hydrogens (tertiary/aromatic N) is 2. The van der Waals surface area contributed by atoms with Crippen molar-refractivity contribution in [3.63, 3.8) is 0 Å². The summed E-state index contributed by atoms with van der Waals surface area (Å²) in [6.07, 6.45) is 1.96. The highest BCUT2D eigenvalue weighted by atomic mass is 32.2.